The van der Waals surface area contributed by atoms with Crippen molar-refractivity contribution in [1.29, 1.82) is 0 Å². The SMILES string of the molecule is Cn1cnc(C2CC3CC(O)(c4cc([N+](=O)[O-])nn4C)CC3C2)c1C=O. The average Bonchev–Trinajstić information content (AvgIpc) is 3.28. The molecule has 2 aliphatic carbocycles. The molecule has 2 fully saturated rings. The molecule has 0 radical (unpaired) electrons. The van der Waals surface area contributed by atoms with Gasteiger partial charge < -0.3 is 19.8 Å². The van der Waals surface area contributed by atoms with Crippen molar-refractivity contribution in [1.82, 2.24) is 19.3 Å². The van der Waals surface area contributed by atoms with Gasteiger partial charge in [-0.2, -0.15) is 4.68 Å². The van der Waals surface area contributed by atoms with Crippen molar-refractivity contribution in [2.45, 2.75) is 37.2 Å². The van der Waals surface area contributed by atoms with Crippen LogP contribution in [0, 0.1) is 22.0 Å². The van der Waals surface area contributed by atoms with Crippen molar-refractivity contribution in [3.63, 3.8) is 0 Å². The van der Waals surface area contributed by atoms with Gasteiger partial charge in [-0.25, -0.2) is 4.98 Å². The lowest BCUT2D eigenvalue weighted by Crippen LogP contribution is -2.26. The van der Waals surface area contributed by atoms with Crippen LogP contribution in [0.2, 0.25) is 0 Å². The van der Waals surface area contributed by atoms with Crippen molar-refractivity contribution < 1.29 is 14.8 Å². The monoisotopic (exact) mass is 359 g/mol. The van der Waals surface area contributed by atoms with E-state index in [4.69, 9.17) is 0 Å². The van der Waals surface area contributed by atoms with Gasteiger partial charge in [-0.05, 0) is 42.4 Å². The molecule has 9 nitrogen and oxygen atoms in total. The summed E-state index contributed by atoms with van der Waals surface area (Å²) in [5.74, 6) is 0.590. The third kappa shape index (κ3) is 2.45. The minimum Gasteiger partial charge on any atom is -0.383 e. The number of aryl methyl sites for hydroxylation is 2. The second-order valence-electron chi connectivity index (χ2n) is 7.64. The fourth-order valence-electron chi connectivity index (χ4n) is 4.99. The van der Waals surface area contributed by atoms with E-state index in [1.807, 2.05) is 7.05 Å². The van der Waals surface area contributed by atoms with Crippen LogP contribution in [-0.2, 0) is 19.7 Å². The standard InChI is InChI=1S/C17H21N5O4/c1-20-9-18-16(13(20)8-23)10-3-11-6-17(24,7-12(11)4-10)14-5-15(22(25)26)19-21(14)2/h5,8-12,24H,3-4,6-7H2,1-2H3. The first-order valence-electron chi connectivity index (χ1n) is 8.70. The Bertz CT molecular complexity index is 872. The highest BCUT2D eigenvalue weighted by molar-refractivity contribution is 5.74. The first-order chi connectivity index (χ1) is 12.3. The van der Waals surface area contributed by atoms with Gasteiger partial charge in [0.05, 0.1) is 35.9 Å². The van der Waals surface area contributed by atoms with Crippen LogP contribution in [0.1, 0.15) is 53.5 Å². The van der Waals surface area contributed by atoms with E-state index in [0.717, 1.165) is 24.8 Å². The number of aldehydes is 1. The zero-order valence-electron chi connectivity index (χ0n) is 14.7. The molecule has 9 heteroatoms. The Labute approximate surface area is 149 Å². The number of carbonyl (C=O) groups excluding carboxylic acids is 1. The Morgan fingerprint density at radius 1 is 1.35 bits per heavy atom. The number of nitrogens with zero attached hydrogens (tertiary/aromatic N) is 5. The predicted molar refractivity (Wildman–Crippen MR) is 90.5 cm³/mol. The lowest BCUT2D eigenvalue weighted by Gasteiger charge is -2.23. The fraction of sp³-hybridized carbons (Fsp3) is 0.588. The number of imidazole rings is 1. The Balaban J connectivity index is 1.54. The van der Waals surface area contributed by atoms with E-state index < -0.39 is 10.5 Å². The molecule has 0 aliphatic heterocycles. The number of carbonyl (C=O) groups is 1. The highest BCUT2D eigenvalue weighted by atomic mass is 16.6. The summed E-state index contributed by atoms with van der Waals surface area (Å²) < 4.78 is 3.15. The van der Waals surface area contributed by atoms with Gasteiger partial charge in [-0.15, -0.1) is 0 Å². The van der Waals surface area contributed by atoms with Crippen molar-refractivity contribution in [3.05, 3.63) is 39.6 Å². The summed E-state index contributed by atoms with van der Waals surface area (Å²) in [6.07, 6.45) is 5.34. The lowest BCUT2D eigenvalue weighted by atomic mass is 9.90. The Hall–Kier alpha value is -2.55. The third-order valence-electron chi connectivity index (χ3n) is 6.08. The minimum atomic E-state index is -1.09. The summed E-state index contributed by atoms with van der Waals surface area (Å²) in [5.41, 5.74) is 0.874. The molecule has 2 heterocycles. The van der Waals surface area contributed by atoms with Crippen LogP contribution >= 0.6 is 0 Å². The van der Waals surface area contributed by atoms with Gasteiger partial charge in [-0.3, -0.25) is 4.79 Å². The Morgan fingerprint density at radius 2 is 2.00 bits per heavy atom. The molecule has 4 rings (SSSR count). The van der Waals surface area contributed by atoms with E-state index in [2.05, 4.69) is 10.1 Å². The molecule has 2 aliphatic rings. The van der Waals surface area contributed by atoms with Gasteiger partial charge in [-0.1, -0.05) is 0 Å². The van der Waals surface area contributed by atoms with Gasteiger partial charge in [0.25, 0.3) is 0 Å². The third-order valence-corrected chi connectivity index (χ3v) is 6.08. The second-order valence-corrected chi connectivity index (χ2v) is 7.64. The van der Waals surface area contributed by atoms with E-state index in [0.29, 0.717) is 36.1 Å². The van der Waals surface area contributed by atoms with Crippen molar-refractivity contribution >= 4 is 12.1 Å². The molecule has 2 saturated carbocycles. The van der Waals surface area contributed by atoms with Gasteiger partial charge >= 0.3 is 5.82 Å². The van der Waals surface area contributed by atoms with Crippen LogP contribution in [0.15, 0.2) is 12.4 Å². The fourth-order valence-corrected chi connectivity index (χ4v) is 4.99. The van der Waals surface area contributed by atoms with Crippen molar-refractivity contribution in [3.8, 4) is 0 Å². The van der Waals surface area contributed by atoms with Crippen molar-refractivity contribution in [2.75, 3.05) is 0 Å². The molecule has 0 bridgehead atoms. The number of fused-ring (bicyclic) bond motifs is 1. The van der Waals surface area contributed by atoms with Crippen LogP contribution in [0.25, 0.3) is 0 Å². The second kappa shape index (κ2) is 5.73. The largest absolute Gasteiger partial charge is 0.390 e. The highest BCUT2D eigenvalue weighted by Crippen LogP contribution is 2.56. The van der Waals surface area contributed by atoms with Crippen LogP contribution in [-0.4, -0.2) is 35.6 Å². The molecule has 2 aromatic heterocycles. The van der Waals surface area contributed by atoms with Crippen LogP contribution in [0.5, 0.6) is 0 Å². The van der Waals surface area contributed by atoms with E-state index in [1.165, 1.54) is 10.7 Å². The van der Waals surface area contributed by atoms with E-state index in [9.17, 15) is 20.0 Å². The van der Waals surface area contributed by atoms with Crippen LogP contribution < -0.4 is 0 Å². The molecule has 0 aromatic carbocycles. The number of nitro groups is 1. The maximum atomic E-state index is 11.3. The summed E-state index contributed by atoms with van der Waals surface area (Å²) >= 11 is 0. The maximum absolute atomic E-state index is 11.3. The van der Waals surface area contributed by atoms with E-state index in [-0.39, 0.29) is 11.7 Å². The smallest absolute Gasteiger partial charge is 0.383 e. The predicted octanol–water partition coefficient (Wildman–Crippen LogP) is 1.67. The molecular weight excluding hydrogens is 338 g/mol. The quantitative estimate of drug-likeness (QED) is 0.504. The topological polar surface area (TPSA) is 116 Å². The Morgan fingerprint density at radius 3 is 2.54 bits per heavy atom. The van der Waals surface area contributed by atoms with Gasteiger partial charge in [0.2, 0.25) is 0 Å². The lowest BCUT2D eigenvalue weighted by molar-refractivity contribution is -0.389. The summed E-state index contributed by atoms with van der Waals surface area (Å²) in [5, 5.41) is 26.0. The molecule has 0 saturated heterocycles. The number of aliphatic hydroxyl groups is 1. The number of aromatic nitrogens is 4. The number of hydrogen-bond donors (Lipinski definition) is 1. The Kier molecular flexibility index (Phi) is 3.72. The molecule has 1 N–H and O–H groups in total. The summed E-state index contributed by atoms with van der Waals surface area (Å²) in [4.78, 5) is 26.2. The van der Waals surface area contributed by atoms with E-state index >= 15 is 0 Å². The normalized spacial score (nSPS) is 30.5. The molecular formula is C17H21N5O4. The maximum Gasteiger partial charge on any atom is 0.390 e. The van der Waals surface area contributed by atoms with Crippen molar-refractivity contribution in [2.24, 2.45) is 25.9 Å². The zero-order chi connectivity index (χ0) is 18.6. The highest BCUT2D eigenvalue weighted by Gasteiger charge is 2.52. The van der Waals surface area contributed by atoms with Gasteiger partial charge in [0.1, 0.15) is 11.3 Å². The summed E-state index contributed by atoms with van der Waals surface area (Å²) in [6, 6.07) is 1.38. The molecule has 2 aromatic rings. The summed E-state index contributed by atoms with van der Waals surface area (Å²) in [6.45, 7) is 0. The zero-order valence-corrected chi connectivity index (χ0v) is 14.7. The first kappa shape index (κ1) is 16.9. The average molecular weight is 359 g/mol. The molecule has 138 valence electrons. The van der Waals surface area contributed by atoms with Crippen LogP contribution in [0.4, 0.5) is 5.82 Å². The molecule has 26 heavy (non-hydrogen) atoms. The summed E-state index contributed by atoms with van der Waals surface area (Å²) in [7, 11) is 3.44. The number of hydrogen-bond acceptors (Lipinski definition) is 6. The molecule has 2 atom stereocenters. The first-order valence-corrected chi connectivity index (χ1v) is 8.70. The molecule has 0 amide bonds. The van der Waals surface area contributed by atoms with Crippen LogP contribution in [0.3, 0.4) is 0 Å². The number of rotatable bonds is 4. The van der Waals surface area contributed by atoms with Gasteiger partial charge in [0, 0.05) is 13.0 Å². The van der Waals surface area contributed by atoms with E-state index in [1.54, 1.807) is 17.9 Å². The molecule has 2 unspecified atom stereocenters. The van der Waals surface area contributed by atoms with Gasteiger partial charge in [0.15, 0.2) is 6.29 Å². The molecule has 0 spiro atoms. The minimum absolute atomic E-state index is 0.219.